The number of esters is 1. The molecule has 0 aromatic carbocycles. The van der Waals surface area contributed by atoms with E-state index in [9.17, 15) is 9.90 Å². The number of unbranched alkanes of at least 4 members (excludes halogenated alkanes) is 1. The predicted molar refractivity (Wildman–Crippen MR) is 58.4 cm³/mol. The van der Waals surface area contributed by atoms with Crippen molar-refractivity contribution in [2.45, 2.75) is 64.6 Å². The molecule has 1 aliphatic rings. The van der Waals surface area contributed by atoms with Gasteiger partial charge in [0.15, 0.2) is 0 Å². The molecule has 1 saturated carbocycles. The quantitative estimate of drug-likeness (QED) is 0.730. The van der Waals surface area contributed by atoms with Crippen molar-refractivity contribution >= 4 is 5.97 Å². The zero-order valence-electron chi connectivity index (χ0n) is 9.74. The maximum atomic E-state index is 10.8. The van der Waals surface area contributed by atoms with E-state index in [0.29, 0.717) is 5.92 Å². The van der Waals surface area contributed by atoms with Crippen LogP contribution in [0.15, 0.2) is 0 Å². The zero-order chi connectivity index (χ0) is 11.3. The SMILES string of the molecule is CCCCC1CCC(O)C(OC(C)=O)C1. The fraction of sp³-hybridized carbons (Fsp3) is 0.917. The van der Waals surface area contributed by atoms with Gasteiger partial charge in [0.05, 0.1) is 6.10 Å². The van der Waals surface area contributed by atoms with Gasteiger partial charge >= 0.3 is 5.97 Å². The average molecular weight is 214 g/mol. The molecule has 0 saturated heterocycles. The Labute approximate surface area is 91.8 Å². The van der Waals surface area contributed by atoms with E-state index in [0.717, 1.165) is 19.3 Å². The largest absolute Gasteiger partial charge is 0.460 e. The van der Waals surface area contributed by atoms with Gasteiger partial charge in [-0.1, -0.05) is 26.2 Å². The van der Waals surface area contributed by atoms with Crippen molar-refractivity contribution in [3.05, 3.63) is 0 Å². The number of carbonyl (C=O) groups excluding carboxylic acids is 1. The molecule has 88 valence electrons. The number of carbonyl (C=O) groups is 1. The highest BCUT2D eigenvalue weighted by Gasteiger charge is 2.30. The Morgan fingerprint density at radius 3 is 2.80 bits per heavy atom. The first kappa shape index (κ1) is 12.5. The summed E-state index contributed by atoms with van der Waals surface area (Å²) in [4.78, 5) is 10.8. The van der Waals surface area contributed by atoms with Crippen molar-refractivity contribution in [1.82, 2.24) is 0 Å². The number of aliphatic hydroxyl groups is 1. The van der Waals surface area contributed by atoms with Crippen LogP contribution in [0.3, 0.4) is 0 Å². The van der Waals surface area contributed by atoms with Crippen molar-refractivity contribution in [3.8, 4) is 0 Å². The summed E-state index contributed by atoms with van der Waals surface area (Å²) in [6.07, 6.45) is 5.59. The van der Waals surface area contributed by atoms with Crippen LogP contribution in [0.5, 0.6) is 0 Å². The number of hydrogen-bond donors (Lipinski definition) is 1. The summed E-state index contributed by atoms with van der Waals surface area (Å²) >= 11 is 0. The molecule has 0 amide bonds. The van der Waals surface area contributed by atoms with E-state index in [1.165, 1.54) is 26.2 Å². The Morgan fingerprint density at radius 1 is 1.47 bits per heavy atom. The molecular weight excluding hydrogens is 192 g/mol. The third kappa shape index (κ3) is 4.20. The van der Waals surface area contributed by atoms with Crippen LogP contribution >= 0.6 is 0 Å². The Kier molecular flexibility index (Phi) is 5.09. The molecule has 1 fully saturated rings. The minimum atomic E-state index is -0.452. The lowest BCUT2D eigenvalue weighted by Crippen LogP contribution is -2.37. The number of hydrogen-bond acceptors (Lipinski definition) is 3. The molecule has 3 unspecified atom stereocenters. The van der Waals surface area contributed by atoms with Crippen LogP contribution < -0.4 is 0 Å². The third-order valence-corrected chi connectivity index (χ3v) is 3.15. The standard InChI is InChI=1S/C12H22O3/c1-3-4-5-10-6-7-11(14)12(8-10)15-9(2)13/h10-12,14H,3-8H2,1-2H3. The number of aliphatic hydroxyl groups excluding tert-OH is 1. The molecule has 1 aliphatic carbocycles. The highest BCUT2D eigenvalue weighted by atomic mass is 16.6. The monoisotopic (exact) mass is 214 g/mol. The van der Waals surface area contributed by atoms with E-state index >= 15 is 0 Å². The van der Waals surface area contributed by atoms with Crippen molar-refractivity contribution in [2.75, 3.05) is 0 Å². The van der Waals surface area contributed by atoms with Gasteiger partial charge in [-0.2, -0.15) is 0 Å². The van der Waals surface area contributed by atoms with Gasteiger partial charge in [-0.25, -0.2) is 0 Å². The van der Waals surface area contributed by atoms with Crippen molar-refractivity contribution in [3.63, 3.8) is 0 Å². The van der Waals surface area contributed by atoms with Gasteiger partial charge in [0.1, 0.15) is 6.10 Å². The third-order valence-electron chi connectivity index (χ3n) is 3.15. The molecule has 0 bridgehead atoms. The van der Waals surface area contributed by atoms with Crippen LogP contribution in [0, 0.1) is 5.92 Å². The van der Waals surface area contributed by atoms with E-state index in [4.69, 9.17) is 4.74 Å². The minimum Gasteiger partial charge on any atom is -0.460 e. The molecule has 15 heavy (non-hydrogen) atoms. The lowest BCUT2D eigenvalue weighted by Gasteiger charge is -2.32. The Balaban J connectivity index is 2.37. The summed E-state index contributed by atoms with van der Waals surface area (Å²) in [6.45, 7) is 3.59. The normalized spacial score (nSPS) is 31.3. The van der Waals surface area contributed by atoms with E-state index in [-0.39, 0.29) is 12.1 Å². The molecular formula is C12H22O3. The summed E-state index contributed by atoms with van der Waals surface area (Å²) in [5.74, 6) is 0.341. The van der Waals surface area contributed by atoms with E-state index in [2.05, 4.69) is 6.92 Å². The van der Waals surface area contributed by atoms with Gasteiger partial charge in [-0.15, -0.1) is 0 Å². The lowest BCUT2D eigenvalue weighted by molar-refractivity contribution is -0.156. The molecule has 0 aromatic rings. The van der Waals surface area contributed by atoms with Crippen molar-refractivity contribution in [1.29, 1.82) is 0 Å². The van der Waals surface area contributed by atoms with Crippen LogP contribution in [0.4, 0.5) is 0 Å². The molecule has 1 rings (SSSR count). The Morgan fingerprint density at radius 2 is 2.20 bits per heavy atom. The number of rotatable bonds is 4. The van der Waals surface area contributed by atoms with Gasteiger partial charge in [0.25, 0.3) is 0 Å². The first-order valence-electron chi connectivity index (χ1n) is 5.98. The Bertz CT molecular complexity index is 201. The molecule has 0 spiro atoms. The van der Waals surface area contributed by atoms with Crippen molar-refractivity contribution < 1.29 is 14.6 Å². The topological polar surface area (TPSA) is 46.5 Å². The fourth-order valence-corrected chi connectivity index (χ4v) is 2.29. The molecule has 0 radical (unpaired) electrons. The highest BCUT2D eigenvalue weighted by molar-refractivity contribution is 5.66. The summed E-state index contributed by atoms with van der Waals surface area (Å²) in [6, 6.07) is 0. The minimum absolute atomic E-state index is 0.266. The Hall–Kier alpha value is -0.570. The first-order valence-corrected chi connectivity index (χ1v) is 5.98. The summed E-state index contributed by atoms with van der Waals surface area (Å²) < 4.78 is 5.12. The summed E-state index contributed by atoms with van der Waals surface area (Å²) in [7, 11) is 0. The average Bonchev–Trinajstić information content (AvgIpc) is 2.18. The second-order valence-corrected chi connectivity index (χ2v) is 4.54. The smallest absolute Gasteiger partial charge is 0.302 e. The second-order valence-electron chi connectivity index (χ2n) is 4.54. The van der Waals surface area contributed by atoms with Crippen LogP contribution in [0.1, 0.15) is 52.4 Å². The van der Waals surface area contributed by atoms with Gasteiger partial charge in [0, 0.05) is 6.92 Å². The number of ether oxygens (including phenoxy) is 1. The van der Waals surface area contributed by atoms with Gasteiger partial charge in [0.2, 0.25) is 0 Å². The van der Waals surface area contributed by atoms with Gasteiger partial charge in [-0.05, 0) is 25.2 Å². The summed E-state index contributed by atoms with van der Waals surface area (Å²) in [5, 5.41) is 9.68. The highest BCUT2D eigenvalue weighted by Crippen LogP contribution is 2.30. The second kappa shape index (κ2) is 6.11. The van der Waals surface area contributed by atoms with Crippen molar-refractivity contribution in [2.24, 2.45) is 5.92 Å². The molecule has 0 aromatic heterocycles. The molecule has 3 heteroatoms. The predicted octanol–water partition coefficient (Wildman–Crippen LogP) is 2.27. The molecule has 0 aliphatic heterocycles. The molecule has 0 heterocycles. The maximum absolute atomic E-state index is 10.8. The fourth-order valence-electron chi connectivity index (χ4n) is 2.29. The van der Waals surface area contributed by atoms with Crippen LogP contribution in [-0.2, 0) is 9.53 Å². The van der Waals surface area contributed by atoms with Gasteiger partial charge in [-0.3, -0.25) is 4.79 Å². The zero-order valence-corrected chi connectivity index (χ0v) is 9.74. The van der Waals surface area contributed by atoms with E-state index in [1.807, 2.05) is 0 Å². The molecule has 3 nitrogen and oxygen atoms in total. The van der Waals surface area contributed by atoms with Crippen LogP contribution in [0.25, 0.3) is 0 Å². The van der Waals surface area contributed by atoms with Crippen LogP contribution in [-0.4, -0.2) is 23.3 Å². The van der Waals surface area contributed by atoms with Crippen LogP contribution in [0.2, 0.25) is 0 Å². The first-order chi connectivity index (χ1) is 7.13. The summed E-state index contributed by atoms with van der Waals surface area (Å²) in [5.41, 5.74) is 0. The lowest BCUT2D eigenvalue weighted by atomic mass is 9.82. The van der Waals surface area contributed by atoms with Gasteiger partial charge < -0.3 is 9.84 Å². The van der Waals surface area contributed by atoms with E-state index < -0.39 is 6.10 Å². The molecule has 3 atom stereocenters. The molecule has 1 N–H and O–H groups in total. The van der Waals surface area contributed by atoms with E-state index in [1.54, 1.807) is 0 Å². The maximum Gasteiger partial charge on any atom is 0.302 e.